The standard InChI is InChI=1S/C57H113NO9/c1-3-5-7-9-11-13-15-17-19-20-21-22-23-24-25-26-27-28-29-30-32-34-36-38-40-42-44-46-52(61)58-49(48-66-57-56(65)55(64)54(63)51(47-59)67-57)53(62)50(60)45-43-41-39-37-35-33-31-18-16-14-12-10-8-6-4-2/h49-51,53-57,59-60,62-65H,3-48H2,1-2H3,(H,58,61)/t49-,50+,51+,53-,54+,55?,56?,57+/m0/s1. The van der Waals surface area contributed by atoms with Crippen LogP contribution in [0.4, 0.5) is 0 Å². The molecule has 0 aliphatic carbocycles. The van der Waals surface area contributed by atoms with Gasteiger partial charge in [-0.1, -0.05) is 277 Å². The van der Waals surface area contributed by atoms with Crippen LogP contribution in [0.2, 0.25) is 0 Å². The fourth-order valence-electron chi connectivity index (χ4n) is 9.85. The number of aliphatic hydroxyl groups excluding tert-OH is 6. The van der Waals surface area contributed by atoms with Crippen LogP contribution in [0.1, 0.15) is 296 Å². The molecule has 10 heteroatoms. The Morgan fingerprint density at radius 3 is 1.10 bits per heavy atom. The average Bonchev–Trinajstić information content (AvgIpc) is 3.33. The minimum absolute atomic E-state index is 0.250. The van der Waals surface area contributed by atoms with Crippen LogP contribution in [0.3, 0.4) is 0 Å². The maximum atomic E-state index is 13.1. The molecule has 0 spiro atoms. The van der Waals surface area contributed by atoms with Gasteiger partial charge in [0.05, 0.1) is 25.4 Å². The van der Waals surface area contributed by atoms with Gasteiger partial charge in [-0.2, -0.15) is 0 Å². The Morgan fingerprint density at radius 1 is 0.463 bits per heavy atom. The van der Waals surface area contributed by atoms with Gasteiger partial charge >= 0.3 is 0 Å². The third-order valence-corrected chi connectivity index (χ3v) is 14.6. The van der Waals surface area contributed by atoms with Crippen molar-refractivity contribution in [3.05, 3.63) is 0 Å². The third-order valence-electron chi connectivity index (χ3n) is 14.6. The van der Waals surface area contributed by atoms with E-state index in [4.69, 9.17) is 9.47 Å². The second-order valence-corrected chi connectivity index (χ2v) is 20.9. The predicted molar refractivity (Wildman–Crippen MR) is 278 cm³/mol. The summed E-state index contributed by atoms with van der Waals surface area (Å²) >= 11 is 0. The highest BCUT2D eigenvalue weighted by molar-refractivity contribution is 5.76. The SMILES string of the molecule is CCCCCCCCCCCCCCCCCCCCCCCCCCCCCC(=O)N[C@@H](CO[C@@H]1O[C@H](CO)[C@@H](O)C(O)C1O)[C@H](O)[C@H](O)CCCCCCCCCCCCCCCCC. The number of nitrogens with one attached hydrogen (secondary N) is 1. The lowest BCUT2D eigenvalue weighted by molar-refractivity contribution is -0.303. The second kappa shape index (κ2) is 47.5. The summed E-state index contributed by atoms with van der Waals surface area (Å²) in [5.74, 6) is -0.250. The van der Waals surface area contributed by atoms with Crippen molar-refractivity contribution < 1.29 is 44.9 Å². The molecule has 0 aromatic heterocycles. The molecule has 7 N–H and O–H groups in total. The van der Waals surface area contributed by atoms with Crippen molar-refractivity contribution in [1.82, 2.24) is 5.32 Å². The van der Waals surface area contributed by atoms with Crippen LogP contribution >= 0.6 is 0 Å². The minimum Gasteiger partial charge on any atom is -0.394 e. The number of hydrogen-bond acceptors (Lipinski definition) is 9. The molecule has 0 radical (unpaired) electrons. The van der Waals surface area contributed by atoms with Gasteiger partial charge in [0, 0.05) is 6.42 Å². The molecule has 10 nitrogen and oxygen atoms in total. The minimum atomic E-state index is -1.60. The monoisotopic (exact) mass is 956 g/mol. The molecule has 0 bridgehead atoms. The van der Waals surface area contributed by atoms with E-state index < -0.39 is 55.6 Å². The fraction of sp³-hybridized carbons (Fsp3) is 0.982. The molecule has 2 unspecified atom stereocenters. The lowest BCUT2D eigenvalue weighted by Crippen LogP contribution is -2.60. The molecule has 1 heterocycles. The van der Waals surface area contributed by atoms with Crippen molar-refractivity contribution >= 4 is 5.91 Å². The zero-order valence-electron chi connectivity index (χ0n) is 44.1. The number of carbonyl (C=O) groups is 1. The zero-order valence-corrected chi connectivity index (χ0v) is 44.1. The first kappa shape index (κ1) is 64.2. The average molecular weight is 957 g/mol. The summed E-state index contributed by atoms with van der Waals surface area (Å²) in [7, 11) is 0. The van der Waals surface area contributed by atoms with Gasteiger partial charge < -0.3 is 45.4 Å². The topological polar surface area (TPSA) is 169 Å². The first-order chi connectivity index (χ1) is 32.8. The molecule has 1 saturated heterocycles. The van der Waals surface area contributed by atoms with E-state index in [2.05, 4.69) is 19.2 Å². The predicted octanol–water partition coefficient (Wildman–Crippen LogP) is 13.2. The maximum absolute atomic E-state index is 13.1. The van der Waals surface area contributed by atoms with Crippen molar-refractivity contribution in [2.45, 2.75) is 345 Å². The first-order valence-corrected chi connectivity index (χ1v) is 29.3. The summed E-state index contributed by atoms with van der Waals surface area (Å²) in [6.45, 7) is 3.66. The molecule has 1 fully saturated rings. The number of ether oxygens (including phenoxy) is 2. The highest BCUT2D eigenvalue weighted by Crippen LogP contribution is 2.24. The van der Waals surface area contributed by atoms with Crippen LogP contribution < -0.4 is 5.32 Å². The Kier molecular flexibility index (Phi) is 45.5. The van der Waals surface area contributed by atoms with Gasteiger partial charge in [0.2, 0.25) is 5.91 Å². The van der Waals surface area contributed by atoms with Gasteiger partial charge in [-0.15, -0.1) is 0 Å². The largest absolute Gasteiger partial charge is 0.394 e. The molecule has 400 valence electrons. The number of rotatable bonds is 51. The van der Waals surface area contributed by atoms with Crippen molar-refractivity contribution in [1.29, 1.82) is 0 Å². The van der Waals surface area contributed by atoms with E-state index in [0.29, 0.717) is 6.42 Å². The molecular weight excluding hydrogens is 843 g/mol. The molecule has 0 aromatic carbocycles. The molecule has 0 aromatic rings. The molecule has 67 heavy (non-hydrogen) atoms. The Hall–Kier alpha value is -0.850. The van der Waals surface area contributed by atoms with Gasteiger partial charge in [-0.05, 0) is 12.8 Å². The molecule has 1 amide bonds. The molecule has 0 saturated carbocycles. The number of aliphatic hydroxyl groups is 6. The lowest BCUT2D eigenvalue weighted by atomic mass is 9.98. The van der Waals surface area contributed by atoms with Crippen LogP contribution in [0.5, 0.6) is 0 Å². The van der Waals surface area contributed by atoms with E-state index in [0.717, 1.165) is 38.5 Å². The summed E-state index contributed by atoms with van der Waals surface area (Å²) < 4.78 is 11.2. The molecule has 1 aliphatic rings. The highest BCUT2D eigenvalue weighted by Gasteiger charge is 2.44. The summed E-state index contributed by atoms with van der Waals surface area (Å²) in [4.78, 5) is 13.1. The summed E-state index contributed by atoms with van der Waals surface area (Å²) in [6.07, 6.45) is 45.6. The zero-order chi connectivity index (χ0) is 48.8. The molecule has 1 rings (SSSR count). The summed E-state index contributed by atoms with van der Waals surface area (Å²) in [6, 6.07) is -0.986. The van der Waals surface area contributed by atoms with Crippen LogP contribution in [0, 0.1) is 0 Å². The highest BCUT2D eigenvalue weighted by atomic mass is 16.7. The maximum Gasteiger partial charge on any atom is 0.220 e. The molecule has 8 atom stereocenters. The van der Waals surface area contributed by atoms with Gasteiger partial charge in [-0.25, -0.2) is 0 Å². The van der Waals surface area contributed by atoms with Crippen molar-refractivity contribution in [3.8, 4) is 0 Å². The number of amides is 1. The van der Waals surface area contributed by atoms with E-state index >= 15 is 0 Å². The van der Waals surface area contributed by atoms with E-state index in [1.165, 1.54) is 231 Å². The number of hydrogen-bond donors (Lipinski definition) is 7. The number of carbonyl (C=O) groups excluding carboxylic acids is 1. The van der Waals surface area contributed by atoms with Gasteiger partial charge in [0.15, 0.2) is 6.29 Å². The number of unbranched alkanes of at least 4 members (excludes halogenated alkanes) is 40. The van der Waals surface area contributed by atoms with Crippen LogP contribution in [0.25, 0.3) is 0 Å². The van der Waals surface area contributed by atoms with E-state index in [1.54, 1.807) is 0 Å². The van der Waals surface area contributed by atoms with E-state index in [1.807, 2.05) is 0 Å². The van der Waals surface area contributed by atoms with Crippen LogP contribution in [-0.2, 0) is 14.3 Å². The first-order valence-electron chi connectivity index (χ1n) is 29.3. The van der Waals surface area contributed by atoms with Crippen LogP contribution in [-0.4, -0.2) is 98.7 Å². The Bertz CT molecular complexity index is 1040. The molecular formula is C57H113NO9. The fourth-order valence-corrected chi connectivity index (χ4v) is 9.85. The molecule has 1 aliphatic heterocycles. The second-order valence-electron chi connectivity index (χ2n) is 20.9. The summed E-state index contributed by atoms with van der Waals surface area (Å²) in [5.41, 5.74) is 0. The Morgan fingerprint density at radius 2 is 0.776 bits per heavy atom. The van der Waals surface area contributed by atoms with Crippen LogP contribution in [0.15, 0.2) is 0 Å². The normalized spacial score (nSPS) is 20.0. The smallest absolute Gasteiger partial charge is 0.220 e. The third kappa shape index (κ3) is 36.7. The van der Waals surface area contributed by atoms with E-state index in [9.17, 15) is 35.4 Å². The Balaban J connectivity index is 2.20. The van der Waals surface area contributed by atoms with Gasteiger partial charge in [0.1, 0.15) is 30.5 Å². The van der Waals surface area contributed by atoms with Crippen molar-refractivity contribution in [2.75, 3.05) is 13.2 Å². The van der Waals surface area contributed by atoms with Gasteiger partial charge in [0.25, 0.3) is 0 Å². The summed E-state index contributed by atoms with van der Waals surface area (Å²) in [5, 5.41) is 65.5. The van der Waals surface area contributed by atoms with Crippen molar-refractivity contribution in [2.24, 2.45) is 0 Å². The van der Waals surface area contributed by atoms with E-state index in [-0.39, 0.29) is 18.9 Å². The van der Waals surface area contributed by atoms with Crippen molar-refractivity contribution in [3.63, 3.8) is 0 Å². The Labute approximate surface area is 413 Å². The quantitative estimate of drug-likeness (QED) is 0.0293. The lowest BCUT2D eigenvalue weighted by Gasteiger charge is -2.40. The van der Waals surface area contributed by atoms with Gasteiger partial charge in [-0.3, -0.25) is 4.79 Å².